The zero-order chi connectivity index (χ0) is 14.0. The van der Waals surface area contributed by atoms with Crippen molar-refractivity contribution in [2.24, 2.45) is 5.92 Å². The molecule has 1 aromatic heterocycles. The van der Waals surface area contributed by atoms with Crippen LogP contribution in [-0.4, -0.2) is 9.55 Å². The lowest BCUT2D eigenvalue weighted by Gasteiger charge is -2.17. The van der Waals surface area contributed by atoms with E-state index in [2.05, 4.69) is 30.3 Å². The highest BCUT2D eigenvalue weighted by Gasteiger charge is 2.16. The third kappa shape index (κ3) is 3.03. The Morgan fingerprint density at radius 3 is 2.68 bits per heavy atom. The molecule has 2 N–H and O–H groups in total. The largest absolute Gasteiger partial charge is 0.369 e. The molecule has 0 radical (unpaired) electrons. The summed E-state index contributed by atoms with van der Waals surface area (Å²) in [6.45, 7) is 6.69. The Morgan fingerprint density at radius 2 is 2.00 bits per heavy atom. The molecule has 0 aliphatic carbocycles. The molecule has 0 saturated carbocycles. The van der Waals surface area contributed by atoms with E-state index in [1.54, 1.807) is 0 Å². The highest BCUT2D eigenvalue weighted by atomic mass is 35.5. The Balaban J connectivity index is 2.26. The molecule has 1 unspecified atom stereocenters. The summed E-state index contributed by atoms with van der Waals surface area (Å²) in [7, 11) is 0. The van der Waals surface area contributed by atoms with Crippen LogP contribution < -0.4 is 5.73 Å². The molecule has 3 nitrogen and oxygen atoms in total. The first kappa shape index (κ1) is 14.2. The standard InChI is InChI=1S/C15H22ClN3/c1-10(2)6-4-7-11(3)19-14-12(16)8-5-9-13(14)18-15(19)17/h5,8-11H,4,6-7H2,1-3H3,(H2,17,18). The molecule has 2 rings (SSSR count). The maximum absolute atomic E-state index is 6.29. The summed E-state index contributed by atoms with van der Waals surface area (Å²) in [5, 5.41) is 0.720. The van der Waals surface area contributed by atoms with Crippen molar-refractivity contribution in [1.82, 2.24) is 9.55 Å². The van der Waals surface area contributed by atoms with Crippen LogP contribution in [0.1, 0.15) is 46.1 Å². The molecule has 0 aliphatic heterocycles. The van der Waals surface area contributed by atoms with Gasteiger partial charge in [0.15, 0.2) is 0 Å². The Kier molecular flexibility index (Phi) is 4.35. The number of nitrogens with two attached hydrogens (primary N) is 1. The summed E-state index contributed by atoms with van der Waals surface area (Å²) in [5.74, 6) is 1.30. The van der Waals surface area contributed by atoms with E-state index in [1.165, 1.54) is 12.8 Å². The van der Waals surface area contributed by atoms with Crippen LogP contribution >= 0.6 is 11.6 Å². The van der Waals surface area contributed by atoms with Crippen molar-refractivity contribution in [2.45, 2.75) is 46.1 Å². The molecular weight excluding hydrogens is 258 g/mol. The fourth-order valence-corrected chi connectivity index (χ4v) is 2.78. The second-order valence-electron chi connectivity index (χ2n) is 5.62. The summed E-state index contributed by atoms with van der Waals surface area (Å²) >= 11 is 6.29. The van der Waals surface area contributed by atoms with Gasteiger partial charge in [0.2, 0.25) is 5.95 Å². The van der Waals surface area contributed by atoms with Crippen molar-refractivity contribution < 1.29 is 0 Å². The first-order valence-electron chi connectivity index (χ1n) is 6.92. The molecule has 0 saturated heterocycles. The van der Waals surface area contributed by atoms with Gasteiger partial charge in [-0.05, 0) is 31.4 Å². The smallest absolute Gasteiger partial charge is 0.201 e. The lowest BCUT2D eigenvalue weighted by atomic mass is 10.0. The number of imidazole rings is 1. The predicted molar refractivity (Wildman–Crippen MR) is 82.6 cm³/mol. The van der Waals surface area contributed by atoms with Gasteiger partial charge in [0.05, 0.1) is 16.1 Å². The van der Waals surface area contributed by atoms with E-state index in [4.69, 9.17) is 17.3 Å². The van der Waals surface area contributed by atoms with E-state index in [0.717, 1.165) is 28.4 Å². The first-order chi connectivity index (χ1) is 9.00. The highest BCUT2D eigenvalue weighted by Crippen LogP contribution is 2.30. The van der Waals surface area contributed by atoms with Gasteiger partial charge in [-0.15, -0.1) is 0 Å². The number of nitrogens with zero attached hydrogens (tertiary/aromatic N) is 2. The molecule has 4 heteroatoms. The van der Waals surface area contributed by atoms with Gasteiger partial charge in [-0.25, -0.2) is 4.98 Å². The minimum Gasteiger partial charge on any atom is -0.369 e. The summed E-state index contributed by atoms with van der Waals surface area (Å²) in [4.78, 5) is 4.39. The third-order valence-electron chi connectivity index (χ3n) is 3.53. The topological polar surface area (TPSA) is 43.8 Å². The number of halogens is 1. The zero-order valence-electron chi connectivity index (χ0n) is 11.9. The van der Waals surface area contributed by atoms with Gasteiger partial charge in [0.25, 0.3) is 0 Å². The van der Waals surface area contributed by atoms with Crippen molar-refractivity contribution in [3.63, 3.8) is 0 Å². The van der Waals surface area contributed by atoms with Crippen LogP contribution in [0.2, 0.25) is 5.02 Å². The van der Waals surface area contributed by atoms with Gasteiger partial charge in [0.1, 0.15) is 0 Å². The molecule has 0 spiro atoms. The second-order valence-corrected chi connectivity index (χ2v) is 6.03. The van der Waals surface area contributed by atoms with Crippen molar-refractivity contribution in [3.8, 4) is 0 Å². The first-order valence-corrected chi connectivity index (χ1v) is 7.30. The Bertz CT molecular complexity index is 560. The van der Waals surface area contributed by atoms with Crippen LogP contribution in [-0.2, 0) is 0 Å². The number of benzene rings is 1. The molecule has 0 amide bonds. The molecule has 19 heavy (non-hydrogen) atoms. The van der Waals surface area contributed by atoms with E-state index < -0.39 is 0 Å². The van der Waals surface area contributed by atoms with E-state index >= 15 is 0 Å². The van der Waals surface area contributed by atoms with Crippen molar-refractivity contribution in [3.05, 3.63) is 23.2 Å². The van der Waals surface area contributed by atoms with Gasteiger partial charge < -0.3 is 10.3 Å². The Labute approximate surface area is 119 Å². The quantitative estimate of drug-likeness (QED) is 0.865. The van der Waals surface area contributed by atoms with Crippen LogP contribution in [0.15, 0.2) is 18.2 Å². The lowest BCUT2D eigenvalue weighted by Crippen LogP contribution is -2.09. The molecule has 0 aliphatic rings. The number of nitrogen functional groups attached to an aromatic ring is 1. The lowest BCUT2D eigenvalue weighted by molar-refractivity contribution is 0.457. The second kappa shape index (κ2) is 5.83. The Morgan fingerprint density at radius 1 is 1.26 bits per heavy atom. The number of rotatable bonds is 5. The van der Waals surface area contributed by atoms with Crippen molar-refractivity contribution >= 4 is 28.6 Å². The summed E-state index contributed by atoms with van der Waals surface area (Å²) in [5.41, 5.74) is 7.88. The molecular formula is C15H22ClN3. The van der Waals surface area contributed by atoms with Crippen LogP contribution in [0.3, 0.4) is 0 Å². The summed E-state index contributed by atoms with van der Waals surface area (Å²) < 4.78 is 2.07. The van der Waals surface area contributed by atoms with Crippen molar-refractivity contribution in [1.29, 1.82) is 0 Å². The normalized spacial score (nSPS) is 13.3. The van der Waals surface area contributed by atoms with Gasteiger partial charge in [0, 0.05) is 6.04 Å². The molecule has 1 heterocycles. The SMILES string of the molecule is CC(C)CCCC(C)n1c(N)nc2cccc(Cl)c21. The average molecular weight is 280 g/mol. The minimum atomic E-state index is 0.323. The van der Waals surface area contributed by atoms with Gasteiger partial charge in [-0.3, -0.25) is 0 Å². The van der Waals surface area contributed by atoms with E-state index in [1.807, 2.05) is 18.2 Å². The van der Waals surface area contributed by atoms with E-state index in [9.17, 15) is 0 Å². The number of para-hydroxylation sites is 1. The number of hydrogen-bond donors (Lipinski definition) is 1. The molecule has 1 atom stereocenters. The number of aromatic nitrogens is 2. The predicted octanol–water partition coefficient (Wildman–Crippen LogP) is 4.66. The maximum Gasteiger partial charge on any atom is 0.201 e. The molecule has 0 fully saturated rings. The van der Waals surface area contributed by atoms with Crippen LogP contribution in [0.25, 0.3) is 11.0 Å². The maximum atomic E-state index is 6.29. The summed E-state index contributed by atoms with van der Waals surface area (Å²) in [6, 6.07) is 6.07. The van der Waals surface area contributed by atoms with E-state index in [0.29, 0.717) is 12.0 Å². The molecule has 0 bridgehead atoms. The molecule has 1 aromatic carbocycles. The fourth-order valence-electron chi connectivity index (χ4n) is 2.52. The number of fused-ring (bicyclic) bond motifs is 1. The third-order valence-corrected chi connectivity index (χ3v) is 3.84. The number of hydrogen-bond acceptors (Lipinski definition) is 2. The fraction of sp³-hybridized carbons (Fsp3) is 0.533. The average Bonchev–Trinajstić information content (AvgIpc) is 2.66. The monoisotopic (exact) mass is 279 g/mol. The number of anilines is 1. The minimum absolute atomic E-state index is 0.323. The summed E-state index contributed by atoms with van der Waals surface area (Å²) in [6.07, 6.45) is 3.53. The van der Waals surface area contributed by atoms with Crippen LogP contribution in [0.4, 0.5) is 5.95 Å². The van der Waals surface area contributed by atoms with E-state index in [-0.39, 0.29) is 0 Å². The van der Waals surface area contributed by atoms with Gasteiger partial charge >= 0.3 is 0 Å². The van der Waals surface area contributed by atoms with Crippen LogP contribution in [0.5, 0.6) is 0 Å². The van der Waals surface area contributed by atoms with Gasteiger partial charge in [-0.2, -0.15) is 0 Å². The molecule has 2 aromatic rings. The highest BCUT2D eigenvalue weighted by molar-refractivity contribution is 6.35. The van der Waals surface area contributed by atoms with Gasteiger partial charge in [-0.1, -0.05) is 44.4 Å². The molecule has 104 valence electrons. The van der Waals surface area contributed by atoms with Crippen molar-refractivity contribution in [2.75, 3.05) is 5.73 Å². The Hall–Kier alpha value is -1.22. The van der Waals surface area contributed by atoms with Crippen LogP contribution in [0, 0.1) is 5.92 Å². The zero-order valence-corrected chi connectivity index (χ0v) is 12.6.